The number of aliphatic hydroxyl groups is 1. The average Bonchev–Trinajstić information content (AvgIpc) is 2.67. The summed E-state index contributed by atoms with van der Waals surface area (Å²) in [6.45, 7) is -0.567. The predicted molar refractivity (Wildman–Crippen MR) is 49.6 cm³/mol. The molecule has 0 aliphatic rings. The largest absolute Gasteiger partial charge is 0.479 e. The molecule has 0 radical (unpaired) electrons. The highest BCUT2D eigenvalue weighted by atomic mass is 32.2. The quantitative estimate of drug-likeness (QED) is 0.507. The zero-order valence-corrected chi connectivity index (χ0v) is 8.36. The first-order valence-corrected chi connectivity index (χ1v) is 5.45. The summed E-state index contributed by atoms with van der Waals surface area (Å²) in [6, 6.07) is 1.31. The highest BCUT2D eigenvalue weighted by molar-refractivity contribution is 7.89. The van der Waals surface area contributed by atoms with E-state index in [2.05, 4.69) is 4.98 Å². The third-order valence-electron chi connectivity index (χ3n) is 1.63. The maximum Gasteiger partial charge on any atom is 0.333 e. The van der Waals surface area contributed by atoms with Crippen LogP contribution in [0.25, 0.3) is 0 Å². The molecule has 1 unspecified atom stereocenters. The van der Waals surface area contributed by atoms with Crippen LogP contribution in [0.3, 0.4) is 0 Å². The number of carboxylic acid groups (broad SMARTS) is 1. The number of rotatable bonds is 5. The lowest BCUT2D eigenvalue weighted by atomic mass is 10.4. The second-order valence-corrected chi connectivity index (χ2v) is 4.52. The molecule has 1 heterocycles. The van der Waals surface area contributed by atoms with Crippen LogP contribution >= 0.6 is 0 Å². The molecule has 4 N–H and O–H groups in total. The van der Waals surface area contributed by atoms with Crippen LogP contribution in [0, 0.1) is 0 Å². The number of hydrogen-bond acceptors (Lipinski definition) is 4. The first-order valence-electron chi connectivity index (χ1n) is 3.97. The van der Waals surface area contributed by atoms with E-state index in [-0.39, 0.29) is 4.90 Å². The Morgan fingerprint density at radius 3 is 2.73 bits per heavy atom. The molecular weight excluding hydrogens is 224 g/mol. The number of aromatic nitrogens is 1. The molecule has 84 valence electrons. The minimum Gasteiger partial charge on any atom is -0.479 e. The van der Waals surface area contributed by atoms with E-state index in [0.29, 0.717) is 0 Å². The Labute approximate surface area is 85.8 Å². The van der Waals surface area contributed by atoms with Crippen LogP contribution in [-0.4, -0.2) is 42.2 Å². The lowest BCUT2D eigenvalue weighted by Crippen LogP contribution is -2.36. The zero-order chi connectivity index (χ0) is 11.5. The van der Waals surface area contributed by atoms with E-state index in [1.54, 1.807) is 0 Å². The normalized spacial score (nSPS) is 13.7. The molecule has 1 rings (SSSR count). The Hall–Kier alpha value is -1.38. The lowest BCUT2D eigenvalue weighted by molar-refractivity contribution is -0.146. The smallest absolute Gasteiger partial charge is 0.333 e. The van der Waals surface area contributed by atoms with E-state index in [4.69, 9.17) is 10.2 Å². The van der Waals surface area contributed by atoms with Gasteiger partial charge in [-0.2, -0.15) is 0 Å². The fourth-order valence-electron chi connectivity index (χ4n) is 0.835. The highest BCUT2D eigenvalue weighted by Crippen LogP contribution is 2.05. The van der Waals surface area contributed by atoms with Crippen molar-refractivity contribution in [2.24, 2.45) is 0 Å². The van der Waals surface area contributed by atoms with Gasteiger partial charge in [-0.05, 0) is 6.07 Å². The standard InChI is InChI=1S/C7H10N2O5S/c10-6(7(11)12)4-9-15(13,14)5-1-2-8-3-5/h1-3,6,8-10H,4H2,(H,11,12). The second kappa shape index (κ2) is 4.43. The van der Waals surface area contributed by atoms with Gasteiger partial charge in [-0.15, -0.1) is 0 Å². The number of sulfonamides is 1. The summed E-state index contributed by atoms with van der Waals surface area (Å²) in [4.78, 5) is 12.7. The molecule has 0 amide bonds. The third-order valence-corrected chi connectivity index (χ3v) is 3.05. The Morgan fingerprint density at radius 2 is 2.27 bits per heavy atom. The van der Waals surface area contributed by atoms with Gasteiger partial charge in [0, 0.05) is 18.9 Å². The minimum atomic E-state index is -3.75. The highest BCUT2D eigenvalue weighted by Gasteiger charge is 2.19. The Bertz CT molecular complexity index is 424. The van der Waals surface area contributed by atoms with Crippen LogP contribution in [0.15, 0.2) is 23.4 Å². The number of aromatic amines is 1. The monoisotopic (exact) mass is 234 g/mol. The van der Waals surface area contributed by atoms with Gasteiger partial charge >= 0.3 is 5.97 Å². The number of carboxylic acids is 1. The van der Waals surface area contributed by atoms with Crippen LogP contribution in [-0.2, 0) is 14.8 Å². The first-order chi connectivity index (χ1) is 6.93. The minimum absolute atomic E-state index is 0.0138. The summed E-state index contributed by atoms with van der Waals surface area (Å²) in [7, 11) is -3.75. The van der Waals surface area contributed by atoms with Gasteiger partial charge in [0.25, 0.3) is 0 Å². The van der Waals surface area contributed by atoms with Crippen molar-refractivity contribution in [3.8, 4) is 0 Å². The number of carbonyl (C=O) groups is 1. The van der Waals surface area contributed by atoms with E-state index in [1.807, 2.05) is 4.72 Å². The molecule has 0 aliphatic carbocycles. The van der Waals surface area contributed by atoms with E-state index in [9.17, 15) is 13.2 Å². The van der Waals surface area contributed by atoms with Gasteiger partial charge in [-0.1, -0.05) is 0 Å². The number of aliphatic carboxylic acids is 1. The molecule has 7 nitrogen and oxygen atoms in total. The predicted octanol–water partition coefficient (Wildman–Crippen LogP) is -1.26. The van der Waals surface area contributed by atoms with Crippen molar-refractivity contribution in [3.05, 3.63) is 18.5 Å². The molecule has 0 bridgehead atoms. The van der Waals surface area contributed by atoms with Crippen molar-refractivity contribution in [2.45, 2.75) is 11.0 Å². The molecule has 0 aromatic carbocycles. The van der Waals surface area contributed by atoms with Crippen LogP contribution in [0.2, 0.25) is 0 Å². The summed E-state index contributed by atoms with van der Waals surface area (Å²) in [5, 5.41) is 17.2. The summed E-state index contributed by atoms with van der Waals surface area (Å²) < 4.78 is 24.7. The van der Waals surface area contributed by atoms with Gasteiger partial charge in [-0.3, -0.25) is 0 Å². The number of hydrogen-bond donors (Lipinski definition) is 4. The zero-order valence-electron chi connectivity index (χ0n) is 7.54. The van der Waals surface area contributed by atoms with Gasteiger partial charge < -0.3 is 15.2 Å². The summed E-state index contributed by atoms with van der Waals surface area (Å²) in [6.07, 6.45) is 0.913. The van der Waals surface area contributed by atoms with Crippen molar-refractivity contribution in [2.75, 3.05) is 6.54 Å². The SMILES string of the molecule is O=C(O)C(O)CNS(=O)(=O)c1cc[nH]c1. The van der Waals surface area contributed by atoms with Crippen LogP contribution in [0.1, 0.15) is 0 Å². The van der Waals surface area contributed by atoms with Gasteiger partial charge in [0.15, 0.2) is 6.10 Å². The maximum atomic E-state index is 11.4. The van der Waals surface area contributed by atoms with E-state index >= 15 is 0 Å². The molecular formula is C7H10N2O5S. The number of aliphatic hydroxyl groups excluding tert-OH is 1. The molecule has 0 spiro atoms. The van der Waals surface area contributed by atoms with Gasteiger partial charge in [0.1, 0.15) is 0 Å². The molecule has 0 aliphatic heterocycles. The summed E-state index contributed by atoms with van der Waals surface area (Å²) >= 11 is 0. The van der Waals surface area contributed by atoms with Crippen molar-refractivity contribution in [1.82, 2.24) is 9.71 Å². The van der Waals surface area contributed by atoms with Crippen molar-refractivity contribution in [3.63, 3.8) is 0 Å². The molecule has 0 fully saturated rings. The molecule has 1 aromatic rings. The van der Waals surface area contributed by atoms with E-state index < -0.39 is 28.6 Å². The Kier molecular flexibility index (Phi) is 3.45. The average molecular weight is 234 g/mol. The number of nitrogens with one attached hydrogen (secondary N) is 2. The Morgan fingerprint density at radius 1 is 1.60 bits per heavy atom. The second-order valence-electron chi connectivity index (χ2n) is 2.75. The van der Waals surface area contributed by atoms with Crippen molar-refractivity contribution < 1.29 is 23.4 Å². The first kappa shape index (κ1) is 11.7. The molecule has 1 aromatic heterocycles. The van der Waals surface area contributed by atoms with Gasteiger partial charge in [0.05, 0.1) is 4.90 Å². The van der Waals surface area contributed by atoms with Crippen LogP contribution in [0.4, 0.5) is 0 Å². The van der Waals surface area contributed by atoms with Gasteiger partial charge in [0.2, 0.25) is 10.0 Å². The third kappa shape index (κ3) is 3.05. The molecule has 15 heavy (non-hydrogen) atoms. The fourth-order valence-corrected chi connectivity index (χ4v) is 1.85. The topological polar surface area (TPSA) is 119 Å². The van der Waals surface area contributed by atoms with Gasteiger partial charge in [-0.25, -0.2) is 17.9 Å². The van der Waals surface area contributed by atoms with E-state index in [1.165, 1.54) is 18.5 Å². The lowest BCUT2D eigenvalue weighted by Gasteiger charge is -2.07. The molecule has 8 heteroatoms. The van der Waals surface area contributed by atoms with E-state index in [0.717, 1.165) is 0 Å². The van der Waals surface area contributed by atoms with Crippen LogP contribution in [0.5, 0.6) is 0 Å². The summed E-state index contributed by atoms with van der Waals surface area (Å²) in [5.41, 5.74) is 0. The molecule has 0 saturated carbocycles. The van der Waals surface area contributed by atoms with Crippen molar-refractivity contribution in [1.29, 1.82) is 0 Å². The maximum absolute atomic E-state index is 11.4. The van der Waals surface area contributed by atoms with Crippen LogP contribution < -0.4 is 4.72 Å². The molecule has 0 saturated heterocycles. The van der Waals surface area contributed by atoms with Crippen molar-refractivity contribution >= 4 is 16.0 Å². The summed E-state index contributed by atoms with van der Waals surface area (Å²) in [5.74, 6) is -1.48. The fraction of sp³-hybridized carbons (Fsp3) is 0.286. The molecule has 1 atom stereocenters. The number of H-pyrrole nitrogens is 1. The Balaban J connectivity index is 2.63.